The number of nitrogens with zero attached hydrogens (tertiary/aromatic N) is 1. The number of nitrogens with one attached hydrogen (secondary N) is 1. The van der Waals surface area contributed by atoms with Crippen LogP contribution in [0.15, 0.2) is 72.8 Å². The maximum atomic E-state index is 12.5. The Morgan fingerprint density at radius 3 is 2.66 bits per heavy atom. The first-order valence-corrected chi connectivity index (χ1v) is 10.8. The highest BCUT2D eigenvalue weighted by atomic mass is 35.5. The first-order valence-electron chi connectivity index (χ1n) is 10.4. The van der Waals surface area contributed by atoms with Crippen LogP contribution < -0.4 is 19.7 Å². The Morgan fingerprint density at radius 2 is 1.84 bits per heavy atom. The quantitative estimate of drug-likeness (QED) is 0.539. The number of hydrogen-bond acceptors (Lipinski definition) is 4. The smallest absolute Gasteiger partial charge is 0.265 e. The summed E-state index contributed by atoms with van der Waals surface area (Å²) in [5, 5.41) is 3.24. The lowest BCUT2D eigenvalue weighted by Crippen LogP contribution is -2.39. The fourth-order valence-electron chi connectivity index (χ4n) is 3.51. The van der Waals surface area contributed by atoms with Crippen molar-refractivity contribution in [1.29, 1.82) is 0 Å². The molecule has 6 nitrogen and oxygen atoms in total. The van der Waals surface area contributed by atoms with Crippen molar-refractivity contribution in [1.82, 2.24) is 0 Å². The van der Waals surface area contributed by atoms with E-state index in [1.807, 2.05) is 18.2 Å². The fourth-order valence-corrected chi connectivity index (χ4v) is 3.70. The van der Waals surface area contributed by atoms with Gasteiger partial charge in [-0.05, 0) is 48.7 Å². The third-order valence-electron chi connectivity index (χ3n) is 5.07. The van der Waals surface area contributed by atoms with Crippen molar-refractivity contribution in [2.24, 2.45) is 0 Å². The molecule has 2 amide bonds. The Labute approximate surface area is 191 Å². The molecule has 1 aliphatic rings. The predicted octanol–water partition coefficient (Wildman–Crippen LogP) is 4.72. The Hall–Kier alpha value is -3.51. The average molecular weight is 451 g/mol. The number of aryl methyl sites for hydroxylation is 1. The first-order chi connectivity index (χ1) is 15.6. The minimum absolute atomic E-state index is 0.00964. The van der Waals surface area contributed by atoms with Gasteiger partial charge in [0.05, 0.1) is 10.7 Å². The molecule has 0 aromatic heterocycles. The number of carbonyl (C=O) groups excluding carboxylic acids is 2. The van der Waals surface area contributed by atoms with E-state index in [0.29, 0.717) is 34.4 Å². The molecule has 3 aromatic rings. The molecule has 1 heterocycles. The van der Waals surface area contributed by atoms with Gasteiger partial charge in [-0.2, -0.15) is 0 Å². The number of rotatable bonds is 8. The van der Waals surface area contributed by atoms with E-state index in [1.54, 1.807) is 47.4 Å². The lowest BCUT2D eigenvalue weighted by Gasteiger charge is -2.30. The number of carbonyl (C=O) groups is 2. The number of hydrogen-bond donors (Lipinski definition) is 1. The first kappa shape index (κ1) is 21.7. The zero-order valence-electron chi connectivity index (χ0n) is 17.4. The molecule has 0 bridgehead atoms. The van der Waals surface area contributed by atoms with Crippen molar-refractivity contribution < 1.29 is 19.1 Å². The second-order valence-electron chi connectivity index (χ2n) is 7.37. The molecule has 0 atom stereocenters. The van der Waals surface area contributed by atoms with Crippen molar-refractivity contribution >= 4 is 34.8 Å². The predicted molar refractivity (Wildman–Crippen MR) is 125 cm³/mol. The Kier molecular flexibility index (Phi) is 6.92. The van der Waals surface area contributed by atoms with Crippen LogP contribution in [0.3, 0.4) is 0 Å². The number of amides is 2. The third kappa shape index (κ3) is 5.39. The van der Waals surface area contributed by atoms with Gasteiger partial charge in [-0.25, -0.2) is 0 Å². The molecule has 0 saturated carbocycles. The number of ether oxygens (including phenoxy) is 2. The van der Waals surface area contributed by atoms with Crippen LogP contribution in [-0.2, 0) is 16.0 Å². The summed E-state index contributed by atoms with van der Waals surface area (Å²) in [6.45, 7) is 0.393. The van der Waals surface area contributed by atoms with Gasteiger partial charge in [0.15, 0.2) is 13.2 Å². The van der Waals surface area contributed by atoms with Gasteiger partial charge in [-0.15, -0.1) is 0 Å². The molecule has 0 unspecified atom stereocenters. The molecule has 1 aliphatic heterocycles. The van der Waals surface area contributed by atoms with Gasteiger partial charge >= 0.3 is 0 Å². The van der Waals surface area contributed by atoms with Crippen LogP contribution in [0.1, 0.15) is 12.0 Å². The van der Waals surface area contributed by atoms with Crippen LogP contribution in [-0.4, -0.2) is 31.6 Å². The third-order valence-corrected chi connectivity index (χ3v) is 5.38. The lowest BCUT2D eigenvalue weighted by atomic mass is 10.1. The van der Waals surface area contributed by atoms with Gasteiger partial charge in [-0.3, -0.25) is 9.59 Å². The number of halogens is 1. The van der Waals surface area contributed by atoms with Gasteiger partial charge in [0.25, 0.3) is 11.8 Å². The second kappa shape index (κ2) is 10.2. The number of para-hydroxylation sites is 1. The summed E-state index contributed by atoms with van der Waals surface area (Å²) < 4.78 is 11.0. The summed E-state index contributed by atoms with van der Waals surface area (Å²) in [6, 6.07) is 22.4. The minimum atomic E-state index is -0.330. The maximum Gasteiger partial charge on any atom is 0.265 e. The number of fused-ring (bicyclic) bond motifs is 1. The van der Waals surface area contributed by atoms with Crippen molar-refractivity contribution in [3.63, 3.8) is 0 Å². The van der Waals surface area contributed by atoms with Crippen LogP contribution in [0, 0.1) is 0 Å². The van der Waals surface area contributed by atoms with Crippen LogP contribution in [0.2, 0.25) is 5.02 Å². The lowest BCUT2D eigenvalue weighted by molar-refractivity contribution is -0.121. The molecule has 32 heavy (non-hydrogen) atoms. The van der Waals surface area contributed by atoms with Crippen LogP contribution in [0.25, 0.3) is 0 Å². The number of anilines is 2. The Balaban J connectivity index is 1.39. The molecule has 164 valence electrons. The molecule has 0 spiro atoms. The molecule has 1 N–H and O–H groups in total. The molecule has 7 heteroatoms. The van der Waals surface area contributed by atoms with E-state index in [9.17, 15) is 9.59 Å². The monoisotopic (exact) mass is 450 g/mol. The normalized spacial score (nSPS) is 12.7. The molecular formula is C25H23ClN2O4. The van der Waals surface area contributed by atoms with E-state index < -0.39 is 0 Å². The molecule has 0 aliphatic carbocycles. The summed E-state index contributed by atoms with van der Waals surface area (Å²) in [7, 11) is 0. The van der Waals surface area contributed by atoms with Gasteiger partial charge in [0, 0.05) is 12.2 Å². The molecule has 4 rings (SSSR count). The fraction of sp³-hybridized carbons (Fsp3) is 0.200. The largest absolute Gasteiger partial charge is 0.482 e. The molecule has 3 aromatic carbocycles. The zero-order valence-corrected chi connectivity index (χ0v) is 18.2. The highest BCUT2D eigenvalue weighted by molar-refractivity contribution is 6.32. The molecular weight excluding hydrogens is 428 g/mol. The summed E-state index contributed by atoms with van der Waals surface area (Å²) in [6.07, 6.45) is 1.69. The van der Waals surface area contributed by atoms with Crippen molar-refractivity contribution in [3.8, 4) is 11.5 Å². The summed E-state index contributed by atoms with van der Waals surface area (Å²) in [5.41, 5.74) is 2.44. The van der Waals surface area contributed by atoms with Crippen LogP contribution in [0.4, 0.5) is 11.4 Å². The molecule has 0 saturated heterocycles. The van der Waals surface area contributed by atoms with Crippen molar-refractivity contribution in [2.45, 2.75) is 12.8 Å². The van der Waals surface area contributed by atoms with E-state index in [1.165, 1.54) is 5.56 Å². The Morgan fingerprint density at radius 1 is 1.06 bits per heavy atom. The van der Waals surface area contributed by atoms with E-state index in [-0.39, 0.29) is 25.0 Å². The van der Waals surface area contributed by atoms with Crippen molar-refractivity contribution in [3.05, 3.63) is 83.4 Å². The number of benzene rings is 3. The van der Waals surface area contributed by atoms with Gasteiger partial charge in [-0.1, -0.05) is 54.1 Å². The average Bonchev–Trinajstić information content (AvgIpc) is 2.81. The minimum Gasteiger partial charge on any atom is -0.482 e. The van der Waals surface area contributed by atoms with E-state index in [2.05, 4.69) is 17.4 Å². The maximum absolute atomic E-state index is 12.5. The van der Waals surface area contributed by atoms with E-state index in [0.717, 1.165) is 12.8 Å². The van der Waals surface area contributed by atoms with E-state index >= 15 is 0 Å². The summed E-state index contributed by atoms with van der Waals surface area (Å²) in [5.74, 6) is 0.632. The highest BCUT2D eigenvalue weighted by Crippen LogP contribution is 2.35. The van der Waals surface area contributed by atoms with Crippen molar-refractivity contribution in [2.75, 3.05) is 30.0 Å². The van der Waals surface area contributed by atoms with Crippen LogP contribution in [0.5, 0.6) is 11.5 Å². The second-order valence-corrected chi connectivity index (χ2v) is 7.78. The topological polar surface area (TPSA) is 67.9 Å². The highest BCUT2D eigenvalue weighted by Gasteiger charge is 2.25. The summed E-state index contributed by atoms with van der Waals surface area (Å²) in [4.78, 5) is 26.6. The molecule has 0 radical (unpaired) electrons. The van der Waals surface area contributed by atoms with Gasteiger partial charge < -0.3 is 19.7 Å². The van der Waals surface area contributed by atoms with Gasteiger partial charge in [0.1, 0.15) is 11.5 Å². The zero-order chi connectivity index (χ0) is 22.3. The SMILES string of the molecule is O=C(COc1ccccc1Cl)Nc1ccc2c(c1)N(CCCc1ccccc1)C(=O)CO2. The molecule has 0 fully saturated rings. The summed E-state index contributed by atoms with van der Waals surface area (Å²) >= 11 is 6.05. The van der Waals surface area contributed by atoms with Gasteiger partial charge in [0.2, 0.25) is 0 Å². The Bertz CT molecular complexity index is 1100. The van der Waals surface area contributed by atoms with Crippen LogP contribution >= 0.6 is 11.6 Å². The standard InChI is InChI=1S/C25H23ClN2O4/c26-20-10-4-5-11-22(20)31-16-24(29)27-19-12-13-23-21(15-19)28(25(30)17-32-23)14-6-9-18-7-2-1-3-8-18/h1-5,7-8,10-13,15H,6,9,14,16-17H2,(H,27,29). The van der Waals surface area contributed by atoms with E-state index in [4.69, 9.17) is 21.1 Å².